The summed E-state index contributed by atoms with van der Waals surface area (Å²) in [7, 11) is 0. The van der Waals surface area contributed by atoms with Gasteiger partial charge in [0.05, 0.1) is 0 Å². The molecule has 1 aliphatic rings. The summed E-state index contributed by atoms with van der Waals surface area (Å²) in [5.41, 5.74) is 2.37. The zero-order valence-corrected chi connectivity index (χ0v) is 18.7. The van der Waals surface area contributed by atoms with E-state index in [1.54, 1.807) is 0 Å². The summed E-state index contributed by atoms with van der Waals surface area (Å²) in [6.45, 7) is 11.7. The molecule has 1 atom stereocenters. The van der Waals surface area contributed by atoms with E-state index in [0.29, 0.717) is 6.54 Å². The molecule has 5 heteroatoms. The second-order valence-corrected chi connectivity index (χ2v) is 8.51. The lowest BCUT2D eigenvalue weighted by Crippen LogP contribution is -2.51. The first kappa shape index (κ1) is 23.4. The number of hydrogen-bond acceptors (Lipinski definition) is 3. The molecular weight excluding hydrogens is 362 g/mol. The van der Waals surface area contributed by atoms with Crippen LogP contribution in [0, 0.1) is 11.8 Å². The van der Waals surface area contributed by atoms with Crippen molar-refractivity contribution in [2.45, 2.75) is 78.9 Å². The van der Waals surface area contributed by atoms with E-state index in [4.69, 9.17) is 0 Å². The Kier molecular flexibility index (Phi) is 9.65. The molecule has 5 nitrogen and oxygen atoms in total. The minimum Gasteiger partial charge on any atom is -0.350 e. The molecular formula is C24H39N3O2. The van der Waals surface area contributed by atoms with E-state index in [9.17, 15) is 9.59 Å². The van der Waals surface area contributed by atoms with Gasteiger partial charge in [-0.3, -0.25) is 14.5 Å². The van der Waals surface area contributed by atoms with Crippen LogP contribution in [0.3, 0.4) is 0 Å². The summed E-state index contributed by atoms with van der Waals surface area (Å²) in [5.74, 6) is 0.0586. The van der Waals surface area contributed by atoms with Crippen LogP contribution in [0.2, 0.25) is 0 Å². The molecule has 0 spiro atoms. The topological polar surface area (TPSA) is 61.4 Å². The van der Waals surface area contributed by atoms with E-state index in [1.807, 2.05) is 26.0 Å². The highest BCUT2D eigenvalue weighted by Crippen LogP contribution is 2.24. The summed E-state index contributed by atoms with van der Waals surface area (Å²) in [6.07, 6.45) is 5.32. The van der Waals surface area contributed by atoms with Gasteiger partial charge >= 0.3 is 0 Å². The fourth-order valence-corrected chi connectivity index (χ4v) is 4.04. The number of amides is 2. The fourth-order valence-electron chi connectivity index (χ4n) is 4.04. The van der Waals surface area contributed by atoms with Gasteiger partial charge in [-0.05, 0) is 43.0 Å². The van der Waals surface area contributed by atoms with Crippen LogP contribution in [-0.2, 0) is 22.7 Å². The molecule has 0 heterocycles. The van der Waals surface area contributed by atoms with E-state index in [2.05, 4.69) is 41.5 Å². The third kappa shape index (κ3) is 7.14. The molecule has 1 saturated carbocycles. The van der Waals surface area contributed by atoms with Gasteiger partial charge in [0.1, 0.15) is 6.04 Å². The van der Waals surface area contributed by atoms with Crippen molar-refractivity contribution in [3.05, 3.63) is 35.4 Å². The van der Waals surface area contributed by atoms with Crippen molar-refractivity contribution in [3.8, 4) is 0 Å². The first-order valence-electron chi connectivity index (χ1n) is 11.3. The summed E-state index contributed by atoms with van der Waals surface area (Å²) in [4.78, 5) is 27.9. The van der Waals surface area contributed by atoms with Crippen molar-refractivity contribution >= 4 is 11.8 Å². The van der Waals surface area contributed by atoms with Gasteiger partial charge < -0.3 is 10.6 Å². The van der Waals surface area contributed by atoms with Crippen LogP contribution in [0.1, 0.15) is 70.9 Å². The van der Waals surface area contributed by atoms with E-state index < -0.39 is 6.04 Å². The highest BCUT2D eigenvalue weighted by Gasteiger charge is 2.28. The van der Waals surface area contributed by atoms with Gasteiger partial charge in [0.15, 0.2) is 0 Å². The highest BCUT2D eigenvalue weighted by molar-refractivity contribution is 5.88. The summed E-state index contributed by atoms with van der Waals surface area (Å²) in [6, 6.07) is 7.78. The molecule has 1 aromatic rings. The quantitative estimate of drug-likeness (QED) is 0.626. The van der Waals surface area contributed by atoms with E-state index in [-0.39, 0.29) is 23.7 Å². The number of nitrogens with zero attached hydrogens (tertiary/aromatic N) is 1. The van der Waals surface area contributed by atoms with Crippen LogP contribution in [0.4, 0.5) is 0 Å². The number of carbonyl (C=O) groups excluding carboxylic acids is 2. The smallest absolute Gasteiger partial charge is 0.243 e. The van der Waals surface area contributed by atoms with Crippen molar-refractivity contribution in [2.75, 3.05) is 13.1 Å². The van der Waals surface area contributed by atoms with E-state index in [0.717, 1.165) is 50.9 Å². The Balaban J connectivity index is 1.97. The zero-order valence-electron chi connectivity index (χ0n) is 18.7. The van der Waals surface area contributed by atoms with Crippen molar-refractivity contribution in [1.82, 2.24) is 15.5 Å². The molecule has 1 aliphatic carbocycles. The number of nitrogens with one attached hydrogen (secondary N) is 2. The molecule has 0 aliphatic heterocycles. The van der Waals surface area contributed by atoms with Gasteiger partial charge in [0.25, 0.3) is 0 Å². The Labute approximate surface area is 176 Å². The molecule has 1 unspecified atom stereocenters. The summed E-state index contributed by atoms with van der Waals surface area (Å²) in [5, 5.41) is 6.09. The average molecular weight is 402 g/mol. The lowest BCUT2D eigenvalue weighted by atomic mass is 9.88. The maximum atomic E-state index is 12.9. The Hall–Kier alpha value is -1.88. The maximum absolute atomic E-state index is 12.9. The molecule has 2 N–H and O–H groups in total. The van der Waals surface area contributed by atoms with Crippen LogP contribution in [-0.4, -0.2) is 35.8 Å². The number of carbonyl (C=O) groups is 2. The van der Waals surface area contributed by atoms with Crippen LogP contribution in [0.25, 0.3) is 0 Å². The molecule has 0 bridgehead atoms. The molecule has 1 fully saturated rings. The molecule has 0 radical (unpaired) electrons. The SMILES string of the molecule is CCN(CC)Cc1ccccc1CNC(=O)C(NC(=O)C1CCCCC1)C(C)C. The van der Waals surface area contributed by atoms with E-state index in [1.165, 1.54) is 12.0 Å². The third-order valence-corrected chi connectivity index (χ3v) is 6.08. The monoisotopic (exact) mass is 401 g/mol. The second kappa shape index (κ2) is 12.0. The minimum atomic E-state index is -0.487. The third-order valence-electron chi connectivity index (χ3n) is 6.08. The van der Waals surface area contributed by atoms with Gasteiger partial charge in [0.2, 0.25) is 11.8 Å². The first-order valence-corrected chi connectivity index (χ1v) is 11.3. The molecule has 162 valence electrons. The Morgan fingerprint density at radius 3 is 2.24 bits per heavy atom. The van der Waals surface area contributed by atoms with Crippen molar-refractivity contribution in [2.24, 2.45) is 11.8 Å². The van der Waals surface area contributed by atoms with Crippen LogP contribution >= 0.6 is 0 Å². The Bertz CT molecular complexity index is 649. The standard InChI is InChI=1S/C24H39N3O2/c1-5-27(6-2)17-21-15-11-10-14-20(21)16-25-24(29)22(18(3)4)26-23(28)19-12-8-7-9-13-19/h10-11,14-15,18-19,22H,5-9,12-13,16-17H2,1-4H3,(H,25,29)(H,26,28). The first-order chi connectivity index (χ1) is 14.0. The predicted octanol–water partition coefficient (Wildman–Crippen LogP) is 3.87. The largest absolute Gasteiger partial charge is 0.350 e. The molecule has 0 aromatic heterocycles. The predicted molar refractivity (Wildman–Crippen MR) is 118 cm³/mol. The zero-order chi connectivity index (χ0) is 21.2. The van der Waals surface area contributed by atoms with Gasteiger partial charge in [-0.25, -0.2) is 0 Å². The highest BCUT2D eigenvalue weighted by atomic mass is 16.2. The summed E-state index contributed by atoms with van der Waals surface area (Å²) >= 11 is 0. The second-order valence-electron chi connectivity index (χ2n) is 8.51. The lowest BCUT2D eigenvalue weighted by molar-refractivity contribution is -0.132. The normalized spacial score (nSPS) is 16.1. The van der Waals surface area contributed by atoms with Gasteiger partial charge in [-0.1, -0.05) is 71.2 Å². The van der Waals surface area contributed by atoms with Crippen molar-refractivity contribution in [1.29, 1.82) is 0 Å². The van der Waals surface area contributed by atoms with Gasteiger partial charge in [-0.2, -0.15) is 0 Å². The molecule has 29 heavy (non-hydrogen) atoms. The fraction of sp³-hybridized carbons (Fsp3) is 0.667. The van der Waals surface area contributed by atoms with Crippen LogP contribution in [0.5, 0.6) is 0 Å². The van der Waals surface area contributed by atoms with Crippen LogP contribution < -0.4 is 10.6 Å². The summed E-state index contributed by atoms with van der Waals surface area (Å²) < 4.78 is 0. The minimum absolute atomic E-state index is 0.0421. The van der Waals surface area contributed by atoms with Gasteiger partial charge in [0, 0.05) is 19.0 Å². The van der Waals surface area contributed by atoms with E-state index >= 15 is 0 Å². The van der Waals surface area contributed by atoms with Crippen molar-refractivity contribution < 1.29 is 9.59 Å². The van der Waals surface area contributed by atoms with Gasteiger partial charge in [-0.15, -0.1) is 0 Å². The molecule has 2 rings (SSSR count). The molecule has 1 aromatic carbocycles. The number of rotatable bonds is 10. The van der Waals surface area contributed by atoms with Crippen molar-refractivity contribution in [3.63, 3.8) is 0 Å². The number of hydrogen-bond donors (Lipinski definition) is 2. The Morgan fingerprint density at radius 2 is 1.66 bits per heavy atom. The maximum Gasteiger partial charge on any atom is 0.243 e. The molecule has 0 saturated heterocycles. The van der Waals surface area contributed by atoms with Crippen LogP contribution in [0.15, 0.2) is 24.3 Å². The lowest BCUT2D eigenvalue weighted by Gasteiger charge is -2.26. The average Bonchev–Trinajstić information content (AvgIpc) is 2.74. The Morgan fingerprint density at radius 1 is 1.03 bits per heavy atom. The number of benzene rings is 1. The molecule has 2 amide bonds.